The smallest absolute Gasteiger partial charge is 0.320 e. The van der Waals surface area contributed by atoms with E-state index in [9.17, 15) is 4.79 Å². The molecule has 1 saturated heterocycles. The van der Waals surface area contributed by atoms with Crippen LogP contribution in [0.5, 0.6) is 0 Å². The molecule has 110 valence electrons. The van der Waals surface area contributed by atoms with E-state index in [1.807, 2.05) is 0 Å². The highest BCUT2D eigenvalue weighted by Gasteiger charge is 2.15. The van der Waals surface area contributed by atoms with Crippen molar-refractivity contribution in [3.63, 3.8) is 0 Å². The number of rotatable bonds is 6. The van der Waals surface area contributed by atoms with E-state index in [0.717, 1.165) is 25.4 Å². The average molecular weight is 267 g/mol. The number of hydrogen-bond donors (Lipinski definition) is 0. The van der Waals surface area contributed by atoms with Gasteiger partial charge in [0.25, 0.3) is 0 Å². The zero-order valence-corrected chi connectivity index (χ0v) is 12.2. The van der Waals surface area contributed by atoms with E-state index < -0.39 is 0 Å². The molecule has 3 heteroatoms. The molecule has 1 aliphatic carbocycles. The Morgan fingerprint density at radius 2 is 1.68 bits per heavy atom. The molecule has 0 amide bonds. The molecule has 0 N–H and O–H groups in total. The lowest BCUT2D eigenvalue weighted by Gasteiger charge is -2.25. The highest BCUT2D eigenvalue weighted by molar-refractivity contribution is 5.71. The van der Waals surface area contributed by atoms with Crippen LogP contribution in [0.25, 0.3) is 0 Å². The predicted molar refractivity (Wildman–Crippen MR) is 77.1 cm³/mol. The predicted octanol–water partition coefficient (Wildman–Crippen LogP) is 3.38. The lowest BCUT2D eigenvalue weighted by Crippen LogP contribution is -2.35. The summed E-state index contributed by atoms with van der Waals surface area (Å²) in [4.78, 5) is 13.9. The molecule has 0 radical (unpaired) electrons. The number of likely N-dealkylation sites (tertiary alicyclic amines) is 1. The van der Waals surface area contributed by atoms with Crippen LogP contribution >= 0.6 is 0 Å². The minimum absolute atomic E-state index is 0.0226. The van der Waals surface area contributed by atoms with Crippen molar-refractivity contribution in [1.82, 2.24) is 4.90 Å². The molecule has 19 heavy (non-hydrogen) atoms. The molecule has 0 bridgehead atoms. The van der Waals surface area contributed by atoms with E-state index in [1.54, 1.807) is 0 Å². The summed E-state index contributed by atoms with van der Waals surface area (Å²) >= 11 is 0. The lowest BCUT2D eigenvalue weighted by atomic mass is 9.86. The zero-order chi connectivity index (χ0) is 13.3. The van der Waals surface area contributed by atoms with Crippen LogP contribution in [0.15, 0.2) is 0 Å². The van der Waals surface area contributed by atoms with Gasteiger partial charge in [-0.2, -0.15) is 0 Å². The summed E-state index contributed by atoms with van der Waals surface area (Å²) in [7, 11) is 0. The van der Waals surface area contributed by atoms with Crippen molar-refractivity contribution in [2.45, 2.75) is 64.2 Å². The number of esters is 1. The largest absolute Gasteiger partial charge is 0.465 e. The summed E-state index contributed by atoms with van der Waals surface area (Å²) in [6, 6.07) is 0. The fraction of sp³-hybridized carbons (Fsp3) is 0.938. The van der Waals surface area contributed by atoms with Gasteiger partial charge in [0.2, 0.25) is 0 Å². The number of nitrogens with zero attached hydrogens (tertiary/aromatic N) is 1. The normalized spacial score (nSPS) is 22.3. The molecule has 0 atom stereocenters. The maximum absolute atomic E-state index is 11.7. The van der Waals surface area contributed by atoms with E-state index in [4.69, 9.17) is 4.74 Å². The summed E-state index contributed by atoms with van der Waals surface area (Å²) in [5.74, 6) is 0.875. The van der Waals surface area contributed by atoms with Crippen LogP contribution in [0, 0.1) is 5.92 Å². The minimum Gasteiger partial charge on any atom is -0.465 e. The number of ether oxygens (including phenoxy) is 1. The summed E-state index contributed by atoms with van der Waals surface area (Å²) in [5, 5.41) is 0. The molecule has 2 fully saturated rings. The molecule has 2 rings (SSSR count). The van der Waals surface area contributed by atoms with E-state index in [2.05, 4.69) is 4.90 Å². The highest BCUT2D eigenvalue weighted by Crippen LogP contribution is 2.27. The Hall–Kier alpha value is -0.570. The number of carbonyl (C=O) groups excluding carboxylic acids is 1. The molecule has 3 nitrogen and oxygen atoms in total. The Kier molecular flexibility index (Phi) is 6.69. The third-order valence-corrected chi connectivity index (χ3v) is 4.55. The molecule has 2 aliphatic rings. The van der Waals surface area contributed by atoms with E-state index >= 15 is 0 Å². The van der Waals surface area contributed by atoms with Crippen LogP contribution in [-0.2, 0) is 9.53 Å². The highest BCUT2D eigenvalue weighted by atomic mass is 16.5. The summed E-state index contributed by atoms with van der Waals surface area (Å²) < 4.78 is 5.36. The van der Waals surface area contributed by atoms with Gasteiger partial charge in [-0.3, -0.25) is 9.69 Å². The van der Waals surface area contributed by atoms with Gasteiger partial charge in [-0.15, -0.1) is 0 Å². The van der Waals surface area contributed by atoms with Crippen molar-refractivity contribution in [3.05, 3.63) is 0 Å². The monoisotopic (exact) mass is 267 g/mol. The molecule has 0 aromatic rings. The van der Waals surface area contributed by atoms with Crippen molar-refractivity contribution in [2.75, 3.05) is 26.2 Å². The maximum Gasteiger partial charge on any atom is 0.320 e. The van der Waals surface area contributed by atoms with Gasteiger partial charge in [-0.1, -0.05) is 38.5 Å². The molecule has 1 aliphatic heterocycles. The lowest BCUT2D eigenvalue weighted by molar-refractivity contribution is -0.145. The third-order valence-electron chi connectivity index (χ3n) is 4.55. The van der Waals surface area contributed by atoms with Crippen molar-refractivity contribution in [2.24, 2.45) is 5.92 Å². The fourth-order valence-corrected chi connectivity index (χ4v) is 3.38. The van der Waals surface area contributed by atoms with Crippen molar-refractivity contribution in [1.29, 1.82) is 0 Å². The quantitative estimate of drug-likeness (QED) is 0.546. The Balaban J connectivity index is 1.48. The van der Waals surface area contributed by atoms with Crippen LogP contribution in [0.1, 0.15) is 64.2 Å². The topological polar surface area (TPSA) is 29.5 Å². The van der Waals surface area contributed by atoms with Gasteiger partial charge in [-0.25, -0.2) is 0 Å². The van der Waals surface area contributed by atoms with Gasteiger partial charge in [-0.05, 0) is 44.7 Å². The van der Waals surface area contributed by atoms with Gasteiger partial charge in [0.1, 0.15) is 0 Å². The van der Waals surface area contributed by atoms with Crippen LogP contribution in [-0.4, -0.2) is 37.1 Å². The third kappa shape index (κ3) is 5.94. The molecule has 1 saturated carbocycles. The minimum atomic E-state index is -0.0226. The number of hydrogen-bond acceptors (Lipinski definition) is 3. The molecular weight excluding hydrogens is 238 g/mol. The molecule has 1 heterocycles. The maximum atomic E-state index is 11.7. The van der Waals surface area contributed by atoms with Crippen LogP contribution in [0.2, 0.25) is 0 Å². The Labute approximate surface area is 117 Å². The van der Waals surface area contributed by atoms with Crippen LogP contribution in [0.4, 0.5) is 0 Å². The molecule has 0 aromatic carbocycles. The van der Waals surface area contributed by atoms with Crippen LogP contribution in [0.3, 0.4) is 0 Å². The van der Waals surface area contributed by atoms with Crippen LogP contribution < -0.4 is 0 Å². The van der Waals surface area contributed by atoms with Crippen molar-refractivity contribution in [3.8, 4) is 0 Å². The standard InChI is InChI=1S/C16H29NO2/c18-16(14-17-11-5-2-6-12-17)19-13-7-10-15-8-3-1-4-9-15/h15H,1-14H2. The molecule has 0 unspecified atom stereocenters. The first kappa shape index (κ1) is 14.8. The van der Waals surface area contributed by atoms with Gasteiger partial charge >= 0.3 is 5.97 Å². The molecule has 0 spiro atoms. The van der Waals surface area contributed by atoms with E-state index in [1.165, 1.54) is 57.8 Å². The van der Waals surface area contributed by atoms with Gasteiger partial charge in [0, 0.05) is 0 Å². The SMILES string of the molecule is O=C(CN1CCCCC1)OCCCC1CCCCC1. The fourth-order valence-electron chi connectivity index (χ4n) is 3.38. The average Bonchev–Trinajstić information content (AvgIpc) is 2.46. The molecular formula is C16H29NO2. The van der Waals surface area contributed by atoms with Crippen molar-refractivity contribution >= 4 is 5.97 Å². The number of piperidine rings is 1. The second-order valence-electron chi connectivity index (χ2n) is 6.20. The first-order chi connectivity index (χ1) is 9.34. The van der Waals surface area contributed by atoms with Gasteiger partial charge < -0.3 is 4.74 Å². The van der Waals surface area contributed by atoms with E-state index in [-0.39, 0.29) is 5.97 Å². The summed E-state index contributed by atoms with van der Waals surface area (Å²) in [6.45, 7) is 3.26. The van der Waals surface area contributed by atoms with Gasteiger partial charge in [0.15, 0.2) is 0 Å². The molecule has 0 aromatic heterocycles. The Morgan fingerprint density at radius 3 is 2.42 bits per heavy atom. The van der Waals surface area contributed by atoms with E-state index in [0.29, 0.717) is 13.2 Å². The second kappa shape index (κ2) is 8.57. The number of carbonyl (C=O) groups is 1. The second-order valence-corrected chi connectivity index (χ2v) is 6.20. The first-order valence-electron chi connectivity index (χ1n) is 8.22. The summed E-state index contributed by atoms with van der Waals surface area (Å²) in [5.41, 5.74) is 0. The van der Waals surface area contributed by atoms with Gasteiger partial charge in [0.05, 0.1) is 13.2 Å². The Morgan fingerprint density at radius 1 is 1.00 bits per heavy atom. The Bertz CT molecular complexity index is 255. The van der Waals surface area contributed by atoms with Crippen molar-refractivity contribution < 1.29 is 9.53 Å². The summed E-state index contributed by atoms with van der Waals surface area (Å²) in [6.07, 6.45) is 13.1. The first-order valence-corrected chi connectivity index (χ1v) is 8.22. The zero-order valence-electron chi connectivity index (χ0n) is 12.2.